The van der Waals surface area contributed by atoms with E-state index >= 15 is 0 Å². The Labute approximate surface area is 117 Å². The Kier molecular flexibility index (Phi) is 4.64. The first kappa shape index (κ1) is 14.2. The fraction of sp³-hybridized carbons (Fsp3) is 0.182. The van der Waals surface area contributed by atoms with E-state index in [2.05, 4.69) is 26.0 Å². The first-order valence-corrected chi connectivity index (χ1v) is 5.93. The van der Waals surface area contributed by atoms with E-state index < -0.39 is 11.2 Å². The van der Waals surface area contributed by atoms with Crippen molar-refractivity contribution in [3.63, 3.8) is 0 Å². The molecule has 2 heterocycles. The molecule has 0 aliphatic carbocycles. The number of hydrogen-bond donors (Lipinski definition) is 4. The zero-order valence-corrected chi connectivity index (χ0v) is 10.8. The number of anilines is 1. The van der Waals surface area contributed by atoms with Crippen molar-refractivity contribution in [2.45, 2.75) is 6.42 Å². The molecule has 1 amide bonds. The normalized spacial score (nSPS) is 10.7. The Morgan fingerprint density at radius 3 is 3.05 bits per heavy atom. The van der Waals surface area contributed by atoms with E-state index in [1.54, 1.807) is 12.1 Å². The molecule has 0 saturated carbocycles. The van der Waals surface area contributed by atoms with Crippen molar-refractivity contribution >= 4 is 17.9 Å². The summed E-state index contributed by atoms with van der Waals surface area (Å²) in [6.45, 7) is 0.157. The molecule has 0 saturated heterocycles. The summed E-state index contributed by atoms with van der Waals surface area (Å²) in [7, 11) is 0. The van der Waals surface area contributed by atoms with Crippen molar-refractivity contribution in [2.24, 2.45) is 5.10 Å². The number of carbonyl (C=O) groups excluding carboxylic acids is 1. The molecule has 0 spiro atoms. The van der Waals surface area contributed by atoms with Crippen molar-refractivity contribution in [3.8, 4) is 0 Å². The van der Waals surface area contributed by atoms with Gasteiger partial charge in [0.2, 0.25) is 11.7 Å². The minimum atomic E-state index is -0.699. The Morgan fingerprint density at radius 2 is 2.33 bits per heavy atom. The van der Waals surface area contributed by atoms with Crippen LogP contribution in [0.2, 0.25) is 0 Å². The predicted octanol–water partition coefficient (Wildman–Crippen LogP) is -0.996. The van der Waals surface area contributed by atoms with Crippen LogP contribution in [0.25, 0.3) is 0 Å². The average Bonchev–Trinajstić information content (AvgIpc) is 2.94. The third-order valence-corrected chi connectivity index (χ3v) is 2.28. The van der Waals surface area contributed by atoms with Gasteiger partial charge >= 0.3 is 5.69 Å². The zero-order valence-electron chi connectivity index (χ0n) is 10.8. The number of nitrogens with one attached hydrogen (secondary N) is 4. The van der Waals surface area contributed by atoms with Crippen LogP contribution in [0.5, 0.6) is 0 Å². The molecular formula is C11H12N6O4. The molecule has 2 aromatic heterocycles. The summed E-state index contributed by atoms with van der Waals surface area (Å²) >= 11 is 0. The summed E-state index contributed by atoms with van der Waals surface area (Å²) in [5, 5.41) is 11.9. The number of furan rings is 1. The molecule has 0 bridgehead atoms. The van der Waals surface area contributed by atoms with Crippen LogP contribution in [0, 0.1) is 0 Å². The van der Waals surface area contributed by atoms with Crippen LogP contribution in [0.1, 0.15) is 12.2 Å². The van der Waals surface area contributed by atoms with Gasteiger partial charge in [-0.1, -0.05) is 0 Å². The number of amides is 1. The summed E-state index contributed by atoms with van der Waals surface area (Å²) < 4.78 is 4.99. The highest BCUT2D eigenvalue weighted by molar-refractivity contribution is 5.80. The van der Waals surface area contributed by atoms with E-state index in [0.717, 1.165) is 0 Å². The van der Waals surface area contributed by atoms with Gasteiger partial charge in [-0.05, 0) is 12.1 Å². The zero-order chi connectivity index (χ0) is 15.1. The van der Waals surface area contributed by atoms with E-state index in [9.17, 15) is 14.4 Å². The molecule has 10 nitrogen and oxygen atoms in total. The summed E-state index contributed by atoms with van der Waals surface area (Å²) in [6.07, 6.45) is 2.91. The third-order valence-electron chi connectivity index (χ3n) is 2.28. The lowest BCUT2D eigenvalue weighted by molar-refractivity contribution is -0.120. The summed E-state index contributed by atoms with van der Waals surface area (Å²) in [5.74, 6) is 0.0880. The number of nitrogens with zero attached hydrogens (tertiary/aromatic N) is 2. The van der Waals surface area contributed by atoms with Gasteiger partial charge < -0.3 is 9.73 Å². The lowest BCUT2D eigenvalue weighted by Gasteiger charge is -2.02. The van der Waals surface area contributed by atoms with Gasteiger partial charge in [-0.3, -0.25) is 14.6 Å². The molecule has 0 atom stereocenters. The summed E-state index contributed by atoms with van der Waals surface area (Å²) in [5.41, 5.74) is 0.941. The number of aromatic amines is 2. The fourth-order valence-corrected chi connectivity index (χ4v) is 1.35. The van der Waals surface area contributed by atoms with Crippen LogP contribution in [0.15, 0.2) is 37.5 Å². The maximum atomic E-state index is 11.4. The van der Waals surface area contributed by atoms with Gasteiger partial charge in [0.25, 0.3) is 5.56 Å². The predicted molar refractivity (Wildman–Crippen MR) is 73.0 cm³/mol. The molecule has 21 heavy (non-hydrogen) atoms. The molecular weight excluding hydrogens is 280 g/mol. The first-order valence-electron chi connectivity index (χ1n) is 5.93. The highest BCUT2D eigenvalue weighted by atomic mass is 16.3. The Bertz CT molecular complexity index is 730. The standard InChI is InChI=1S/C11H12N6O4/c18-8(15-13-6-7-2-1-5-21-7)3-4-12-9-10(19)14-11(20)17-16-9/h1-2,5-6H,3-4H2,(H,12,16)(H,15,18)(H2,14,17,19,20)/b13-6+. The second-order valence-electron chi connectivity index (χ2n) is 3.84. The number of H-pyrrole nitrogens is 2. The van der Waals surface area contributed by atoms with E-state index in [-0.39, 0.29) is 24.7 Å². The number of carbonyl (C=O) groups is 1. The number of rotatable bonds is 6. The second-order valence-corrected chi connectivity index (χ2v) is 3.84. The molecule has 0 unspecified atom stereocenters. The largest absolute Gasteiger partial charge is 0.463 e. The maximum absolute atomic E-state index is 11.4. The van der Waals surface area contributed by atoms with Gasteiger partial charge in [0.05, 0.1) is 12.5 Å². The smallest absolute Gasteiger partial charge is 0.342 e. The molecule has 110 valence electrons. The second kappa shape index (κ2) is 6.84. The number of aromatic nitrogens is 3. The van der Waals surface area contributed by atoms with Crippen LogP contribution >= 0.6 is 0 Å². The first-order chi connectivity index (χ1) is 10.1. The van der Waals surface area contributed by atoms with Crippen molar-refractivity contribution in [3.05, 3.63) is 45.0 Å². The number of hydrazone groups is 1. The quantitative estimate of drug-likeness (QED) is 0.397. The van der Waals surface area contributed by atoms with E-state index in [1.165, 1.54) is 12.5 Å². The molecule has 4 N–H and O–H groups in total. The van der Waals surface area contributed by atoms with E-state index in [1.807, 2.05) is 4.98 Å². The molecule has 2 aromatic rings. The molecule has 0 aliphatic heterocycles. The number of hydrogen-bond acceptors (Lipinski definition) is 7. The lowest BCUT2D eigenvalue weighted by atomic mass is 10.4. The molecule has 0 radical (unpaired) electrons. The maximum Gasteiger partial charge on any atom is 0.342 e. The van der Waals surface area contributed by atoms with Crippen LogP contribution in [0.4, 0.5) is 5.82 Å². The van der Waals surface area contributed by atoms with Crippen molar-refractivity contribution < 1.29 is 9.21 Å². The molecule has 0 fully saturated rings. The Morgan fingerprint density at radius 1 is 1.48 bits per heavy atom. The highest BCUT2D eigenvalue weighted by Gasteiger charge is 2.03. The van der Waals surface area contributed by atoms with Gasteiger partial charge in [-0.15, -0.1) is 5.10 Å². The molecule has 2 rings (SSSR count). The topological polar surface area (TPSA) is 145 Å². The van der Waals surface area contributed by atoms with E-state index in [4.69, 9.17) is 4.42 Å². The van der Waals surface area contributed by atoms with Crippen LogP contribution < -0.4 is 22.0 Å². The van der Waals surface area contributed by atoms with E-state index in [0.29, 0.717) is 5.76 Å². The van der Waals surface area contributed by atoms with Crippen LogP contribution in [-0.4, -0.2) is 33.8 Å². The monoisotopic (exact) mass is 292 g/mol. The Hall–Kier alpha value is -3.17. The molecule has 0 aromatic carbocycles. The Balaban J connectivity index is 1.74. The summed E-state index contributed by atoms with van der Waals surface area (Å²) in [4.78, 5) is 35.5. The molecule has 0 aliphatic rings. The lowest BCUT2D eigenvalue weighted by Crippen LogP contribution is -2.28. The van der Waals surface area contributed by atoms with Crippen molar-refractivity contribution in [2.75, 3.05) is 11.9 Å². The average molecular weight is 292 g/mol. The SMILES string of the molecule is O=C(CCNc1n[nH]c(=O)[nH]c1=O)N/N=C/c1ccco1. The molecule has 10 heteroatoms. The minimum Gasteiger partial charge on any atom is -0.463 e. The van der Waals surface area contributed by atoms with Gasteiger partial charge in [-0.2, -0.15) is 5.10 Å². The van der Waals surface area contributed by atoms with Crippen molar-refractivity contribution in [1.82, 2.24) is 20.6 Å². The third kappa shape index (κ3) is 4.45. The van der Waals surface area contributed by atoms with Crippen LogP contribution in [0.3, 0.4) is 0 Å². The summed E-state index contributed by atoms with van der Waals surface area (Å²) in [6, 6.07) is 3.38. The van der Waals surface area contributed by atoms with Crippen LogP contribution in [-0.2, 0) is 4.79 Å². The van der Waals surface area contributed by atoms with Gasteiger partial charge in [0, 0.05) is 13.0 Å². The highest BCUT2D eigenvalue weighted by Crippen LogP contribution is 1.94. The van der Waals surface area contributed by atoms with Gasteiger partial charge in [0.1, 0.15) is 5.76 Å². The van der Waals surface area contributed by atoms with Gasteiger partial charge in [-0.25, -0.2) is 15.3 Å². The van der Waals surface area contributed by atoms with Crippen molar-refractivity contribution in [1.29, 1.82) is 0 Å². The minimum absolute atomic E-state index is 0.0652. The fourth-order valence-electron chi connectivity index (χ4n) is 1.35. The van der Waals surface area contributed by atoms with Gasteiger partial charge in [0.15, 0.2) is 0 Å².